The van der Waals surface area contributed by atoms with E-state index in [2.05, 4.69) is 13.8 Å². The summed E-state index contributed by atoms with van der Waals surface area (Å²) in [4.78, 5) is 24.8. The van der Waals surface area contributed by atoms with Crippen LogP contribution >= 0.6 is 0 Å². The Morgan fingerprint density at radius 3 is 1.27 bits per heavy atom. The van der Waals surface area contributed by atoms with Gasteiger partial charge in [-0.3, -0.25) is 9.59 Å². The van der Waals surface area contributed by atoms with Crippen molar-refractivity contribution in [1.29, 1.82) is 0 Å². The lowest BCUT2D eigenvalue weighted by Crippen LogP contribution is -2.34. The normalized spacial score (nSPS) is 14.0. The van der Waals surface area contributed by atoms with Crippen LogP contribution in [0.15, 0.2) is 0 Å². The van der Waals surface area contributed by atoms with Crippen molar-refractivity contribution < 1.29 is 19.1 Å². The van der Waals surface area contributed by atoms with E-state index in [1.807, 2.05) is 27.7 Å². The molecule has 2 atom stereocenters. The standard InChI is InChI=1S/C18H34O4/c1-7-9-11-15(17(19)21-13(3)4)16(12-10-8-2)18(20)22-14(5)6/h13-16H,7-12H2,1-6H3. The largest absolute Gasteiger partial charge is 0.463 e. The molecule has 0 aromatic heterocycles. The second-order valence-corrected chi connectivity index (χ2v) is 6.47. The molecule has 130 valence electrons. The highest BCUT2D eigenvalue weighted by Crippen LogP contribution is 2.27. The second-order valence-electron chi connectivity index (χ2n) is 6.47. The molecule has 0 aromatic rings. The third-order valence-electron chi connectivity index (χ3n) is 3.53. The van der Waals surface area contributed by atoms with Crippen LogP contribution in [-0.4, -0.2) is 24.1 Å². The number of rotatable bonds is 11. The fraction of sp³-hybridized carbons (Fsp3) is 0.889. The first-order chi connectivity index (χ1) is 10.3. The molecule has 0 N–H and O–H groups in total. The van der Waals surface area contributed by atoms with Crippen LogP contribution < -0.4 is 0 Å². The third kappa shape index (κ3) is 8.40. The number of carbonyl (C=O) groups excluding carboxylic acids is 2. The van der Waals surface area contributed by atoms with Crippen molar-refractivity contribution in [1.82, 2.24) is 0 Å². The summed E-state index contributed by atoms with van der Waals surface area (Å²) in [6.07, 6.45) is 4.85. The van der Waals surface area contributed by atoms with Crippen molar-refractivity contribution in [3.8, 4) is 0 Å². The maximum atomic E-state index is 12.4. The van der Waals surface area contributed by atoms with Gasteiger partial charge in [-0.1, -0.05) is 39.5 Å². The van der Waals surface area contributed by atoms with Gasteiger partial charge in [0.15, 0.2) is 0 Å². The van der Waals surface area contributed by atoms with Crippen LogP contribution in [0.2, 0.25) is 0 Å². The van der Waals surface area contributed by atoms with Gasteiger partial charge in [-0.2, -0.15) is 0 Å². The Labute approximate surface area is 135 Å². The van der Waals surface area contributed by atoms with Crippen LogP contribution in [0.1, 0.15) is 80.1 Å². The highest BCUT2D eigenvalue weighted by atomic mass is 16.6. The molecule has 22 heavy (non-hydrogen) atoms. The van der Waals surface area contributed by atoms with Crippen molar-refractivity contribution in [2.75, 3.05) is 0 Å². The van der Waals surface area contributed by atoms with Gasteiger partial charge in [-0.15, -0.1) is 0 Å². The molecule has 0 heterocycles. The van der Waals surface area contributed by atoms with Gasteiger partial charge in [-0.05, 0) is 40.5 Å². The van der Waals surface area contributed by atoms with Crippen LogP contribution in [0.25, 0.3) is 0 Å². The average molecular weight is 314 g/mol. The Morgan fingerprint density at radius 1 is 0.727 bits per heavy atom. The lowest BCUT2D eigenvalue weighted by Gasteiger charge is -2.26. The molecule has 4 heteroatoms. The highest BCUT2D eigenvalue weighted by molar-refractivity contribution is 5.82. The third-order valence-corrected chi connectivity index (χ3v) is 3.53. The lowest BCUT2D eigenvalue weighted by atomic mass is 9.84. The second kappa shape index (κ2) is 11.5. The summed E-state index contributed by atoms with van der Waals surface area (Å²) in [5.41, 5.74) is 0. The first-order valence-electron chi connectivity index (χ1n) is 8.74. The molecule has 0 fully saturated rings. The summed E-state index contributed by atoms with van der Waals surface area (Å²) in [7, 11) is 0. The molecule has 0 bridgehead atoms. The first-order valence-corrected chi connectivity index (χ1v) is 8.74. The average Bonchev–Trinajstić information content (AvgIpc) is 2.40. The van der Waals surface area contributed by atoms with Gasteiger partial charge < -0.3 is 9.47 Å². The quantitative estimate of drug-likeness (QED) is 0.527. The van der Waals surface area contributed by atoms with Crippen molar-refractivity contribution in [2.45, 2.75) is 92.3 Å². The number of hydrogen-bond donors (Lipinski definition) is 0. The van der Waals surface area contributed by atoms with Crippen molar-refractivity contribution in [2.24, 2.45) is 11.8 Å². The molecule has 0 aliphatic heterocycles. The van der Waals surface area contributed by atoms with E-state index in [0.29, 0.717) is 12.8 Å². The summed E-state index contributed by atoms with van der Waals surface area (Å²) >= 11 is 0. The molecular weight excluding hydrogens is 280 g/mol. The molecule has 0 saturated carbocycles. The lowest BCUT2D eigenvalue weighted by molar-refractivity contribution is -0.165. The summed E-state index contributed by atoms with van der Waals surface area (Å²) in [5.74, 6) is -1.30. The van der Waals surface area contributed by atoms with E-state index in [1.165, 1.54) is 0 Å². The first kappa shape index (κ1) is 20.9. The minimum absolute atomic E-state index is 0.162. The van der Waals surface area contributed by atoms with E-state index < -0.39 is 0 Å². The number of ether oxygens (including phenoxy) is 2. The van der Waals surface area contributed by atoms with E-state index in [1.54, 1.807) is 0 Å². The monoisotopic (exact) mass is 314 g/mol. The number of unbranched alkanes of at least 4 members (excludes halogenated alkanes) is 2. The molecule has 0 radical (unpaired) electrons. The molecular formula is C18H34O4. The molecule has 0 spiro atoms. The van der Waals surface area contributed by atoms with E-state index >= 15 is 0 Å². The topological polar surface area (TPSA) is 52.6 Å². The van der Waals surface area contributed by atoms with Gasteiger partial charge in [0.05, 0.1) is 24.0 Å². The number of carbonyl (C=O) groups is 2. The van der Waals surface area contributed by atoms with E-state index in [4.69, 9.17) is 9.47 Å². The van der Waals surface area contributed by atoms with Crippen LogP contribution in [0.3, 0.4) is 0 Å². The SMILES string of the molecule is CCCCC(C(=O)OC(C)C)C(CCCC)C(=O)OC(C)C. The predicted molar refractivity (Wildman–Crippen MR) is 88.5 cm³/mol. The molecule has 0 amide bonds. The summed E-state index contributed by atoms with van der Waals surface area (Å²) in [6.45, 7) is 11.5. The summed E-state index contributed by atoms with van der Waals surface area (Å²) in [5, 5.41) is 0. The van der Waals surface area contributed by atoms with Crippen LogP contribution in [-0.2, 0) is 19.1 Å². The van der Waals surface area contributed by atoms with Crippen LogP contribution in [0.4, 0.5) is 0 Å². The van der Waals surface area contributed by atoms with Gasteiger partial charge in [0.25, 0.3) is 0 Å². The fourth-order valence-corrected chi connectivity index (χ4v) is 2.45. The molecule has 0 rings (SSSR count). The number of esters is 2. The smallest absolute Gasteiger partial charge is 0.310 e. The summed E-state index contributed by atoms with van der Waals surface area (Å²) < 4.78 is 10.8. The molecule has 4 nitrogen and oxygen atoms in total. The Morgan fingerprint density at radius 2 is 1.05 bits per heavy atom. The Balaban J connectivity index is 5.13. The molecule has 0 aliphatic rings. The maximum absolute atomic E-state index is 12.4. The van der Waals surface area contributed by atoms with E-state index in [0.717, 1.165) is 25.7 Å². The summed E-state index contributed by atoms with van der Waals surface area (Å²) in [6, 6.07) is 0. The van der Waals surface area contributed by atoms with Gasteiger partial charge in [0, 0.05) is 0 Å². The minimum Gasteiger partial charge on any atom is -0.463 e. The fourth-order valence-electron chi connectivity index (χ4n) is 2.45. The zero-order chi connectivity index (χ0) is 17.1. The Kier molecular flexibility index (Phi) is 10.9. The molecule has 0 saturated heterocycles. The minimum atomic E-state index is -0.389. The van der Waals surface area contributed by atoms with Gasteiger partial charge in [-0.25, -0.2) is 0 Å². The van der Waals surface area contributed by atoms with Gasteiger partial charge in [0.1, 0.15) is 0 Å². The zero-order valence-electron chi connectivity index (χ0n) is 15.2. The van der Waals surface area contributed by atoms with Gasteiger partial charge >= 0.3 is 11.9 Å². The Hall–Kier alpha value is -1.06. The highest BCUT2D eigenvalue weighted by Gasteiger charge is 2.35. The van der Waals surface area contributed by atoms with Crippen molar-refractivity contribution in [3.63, 3.8) is 0 Å². The molecule has 2 unspecified atom stereocenters. The maximum Gasteiger partial charge on any atom is 0.310 e. The van der Waals surface area contributed by atoms with E-state index in [-0.39, 0.29) is 36.0 Å². The van der Waals surface area contributed by atoms with Crippen molar-refractivity contribution >= 4 is 11.9 Å². The number of hydrogen-bond acceptors (Lipinski definition) is 4. The van der Waals surface area contributed by atoms with Crippen LogP contribution in [0, 0.1) is 11.8 Å². The zero-order valence-corrected chi connectivity index (χ0v) is 15.2. The van der Waals surface area contributed by atoms with Crippen LogP contribution in [0.5, 0.6) is 0 Å². The van der Waals surface area contributed by atoms with Crippen molar-refractivity contribution in [3.05, 3.63) is 0 Å². The Bertz CT molecular complexity index is 291. The molecule has 0 aliphatic carbocycles. The predicted octanol–water partition coefficient (Wildman–Crippen LogP) is 4.50. The van der Waals surface area contributed by atoms with Gasteiger partial charge in [0.2, 0.25) is 0 Å². The molecule has 0 aromatic carbocycles. The van der Waals surface area contributed by atoms with E-state index in [9.17, 15) is 9.59 Å².